The highest BCUT2D eigenvalue weighted by Gasteiger charge is 2.27. The van der Waals surface area contributed by atoms with Gasteiger partial charge in [0.05, 0.1) is 11.8 Å². The summed E-state index contributed by atoms with van der Waals surface area (Å²) in [4.78, 5) is 4.34. The Morgan fingerprint density at radius 2 is 2.50 bits per heavy atom. The molecule has 1 aromatic heterocycles. The number of hydrogen-bond donors (Lipinski definition) is 1. The highest BCUT2D eigenvalue weighted by Crippen LogP contribution is 2.34. The van der Waals surface area contributed by atoms with E-state index in [0.29, 0.717) is 18.6 Å². The molecule has 1 aromatic rings. The van der Waals surface area contributed by atoms with Gasteiger partial charge >= 0.3 is 0 Å². The van der Waals surface area contributed by atoms with E-state index in [2.05, 4.69) is 11.9 Å². The molecule has 0 spiro atoms. The van der Waals surface area contributed by atoms with Crippen molar-refractivity contribution in [3.63, 3.8) is 0 Å². The van der Waals surface area contributed by atoms with Crippen LogP contribution in [0.4, 0.5) is 0 Å². The Labute approximate surface area is 84.3 Å². The van der Waals surface area contributed by atoms with Crippen molar-refractivity contribution in [2.45, 2.75) is 31.8 Å². The first-order chi connectivity index (χ1) is 6.85. The molecule has 0 aliphatic carbocycles. The van der Waals surface area contributed by atoms with Crippen LogP contribution in [0, 0.1) is 0 Å². The molecular formula is C11H16N2O. The Morgan fingerprint density at radius 1 is 1.64 bits per heavy atom. The second-order valence-corrected chi connectivity index (χ2v) is 3.70. The summed E-state index contributed by atoms with van der Waals surface area (Å²) < 4.78 is 5.80. The first-order valence-corrected chi connectivity index (χ1v) is 5.16. The van der Waals surface area contributed by atoms with E-state index in [9.17, 15) is 0 Å². The zero-order chi connectivity index (χ0) is 9.97. The largest absolute Gasteiger partial charge is 0.488 e. The van der Waals surface area contributed by atoms with Crippen LogP contribution in [-0.2, 0) is 0 Å². The van der Waals surface area contributed by atoms with Crippen LogP contribution in [0.5, 0.6) is 5.75 Å². The summed E-state index contributed by atoms with van der Waals surface area (Å²) in [7, 11) is 0. The van der Waals surface area contributed by atoms with E-state index in [-0.39, 0.29) is 0 Å². The molecule has 1 aliphatic rings. The molecule has 0 saturated heterocycles. The molecule has 3 nitrogen and oxygen atoms in total. The van der Waals surface area contributed by atoms with Crippen molar-refractivity contribution in [1.82, 2.24) is 4.98 Å². The summed E-state index contributed by atoms with van der Waals surface area (Å²) >= 11 is 0. The van der Waals surface area contributed by atoms with Gasteiger partial charge < -0.3 is 10.5 Å². The molecule has 0 saturated carbocycles. The summed E-state index contributed by atoms with van der Waals surface area (Å²) in [5.41, 5.74) is 6.77. The van der Waals surface area contributed by atoms with Gasteiger partial charge in [0.25, 0.3) is 0 Å². The molecule has 76 valence electrons. The molecule has 2 heterocycles. The average Bonchev–Trinajstić information content (AvgIpc) is 2.27. The van der Waals surface area contributed by atoms with Crippen molar-refractivity contribution in [2.24, 2.45) is 5.73 Å². The Hall–Kier alpha value is -1.09. The molecule has 0 radical (unpaired) electrons. The van der Waals surface area contributed by atoms with Gasteiger partial charge in [0.2, 0.25) is 0 Å². The number of pyridine rings is 1. The number of fused-ring (bicyclic) bond motifs is 1. The summed E-state index contributed by atoms with van der Waals surface area (Å²) in [5.74, 6) is 1.28. The zero-order valence-electron chi connectivity index (χ0n) is 8.44. The highest BCUT2D eigenvalue weighted by molar-refractivity contribution is 5.32. The second-order valence-electron chi connectivity index (χ2n) is 3.70. The summed E-state index contributed by atoms with van der Waals surface area (Å²) in [6.45, 7) is 2.80. The number of ether oxygens (including phenoxy) is 1. The van der Waals surface area contributed by atoms with Gasteiger partial charge in [0, 0.05) is 18.7 Å². The average molecular weight is 192 g/mol. The minimum atomic E-state index is 0.306. The number of rotatable bonds is 2. The third-order valence-electron chi connectivity index (χ3n) is 2.77. The predicted molar refractivity (Wildman–Crippen MR) is 55.4 cm³/mol. The van der Waals surface area contributed by atoms with Gasteiger partial charge in [0.15, 0.2) is 0 Å². The lowest BCUT2D eigenvalue weighted by Crippen LogP contribution is -2.29. The maximum atomic E-state index is 5.80. The van der Waals surface area contributed by atoms with Crippen molar-refractivity contribution in [3.05, 3.63) is 24.0 Å². The quantitative estimate of drug-likeness (QED) is 0.775. The molecule has 0 aromatic carbocycles. The maximum Gasteiger partial charge on any atom is 0.141 e. The summed E-state index contributed by atoms with van der Waals surface area (Å²) in [6.07, 6.45) is 4.14. The van der Waals surface area contributed by atoms with Crippen LogP contribution in [0.3, 0.4) is 0 Å². The van der Waals surface area contributed by atoms with Crippen LogP contribution in [0.1, 0.15) is 31.4 Å². The van der Waals surface area contributed by atoms with Gasteiger partial charge in [-0.15, -0.1) is 0 Å². The van der Waals surface area contributed by atoms with Crippen molar-refractivity contribution < 1.29 is 4.74 Å². The maximum absolute atomic E-state index is 5.80. The number of nitrogens with two attached hydrogens (primary N) is 1. The monoisotopic (exact) mass is 192 g/mol. The lowest BCUT2D eigenvalue weighted by atomic mass is 9.93. The summed E-state index contributed by atoms with van der Waals surface area (Å²) in [5, 5.41) is 0. The third kappa shape index (κ3) is 1.60. The fourth-order valence-electron chi connectivity index (χ4n) is 1.92. The smallest absolute Gasteiger partial charge is 0.141 e. The van der Waals surface area contributed by atoms with E-state index in [1.54, 1.807) is 6.20 Å². The molecular weight excluding hydrogens is 176 g/mol. The predicted octanol–water partition coefficient (Wildman–Crippen LogP) is 1.69. The molecule has 0 amide bonds. The first kappa shape index (κ1) is 9.46. The fraction of sp³-hybridized carbons (Fsp3) is 0.545. The van der Waals surface area contributed by atoms with Gasteiger partial charge in [-0.05, 0) is 25.0 Å². The Bertz CT molecular complexity index is 314. The summed E-state index contributed by atoms with van der Waals surface area (Å²) in [6, 6.07) is 3.89. The molecule has 2 rings (SSSR count). The fourth-order valence-corrected chi connectivity index (χ4v) is 1.92. The van der Waals surface area contributed by atoms with Crippen LogP contribution >= 0.6 is 0 Å². The van der Waals surface area contributed by atoms with Crippen molar-refractivity contribution in [3.8, 4) is 5.75 Å². The van der Waals surface area contributed by atoms with Crippen LogP contribution in [0.2, 0.25) is 0 Å². The van der Waals surface area contributed by atoms with E-state index in [0.717, 1.165) is 24.3 Å². The number of nitrogens with zero attached hydrogens (tertiary/aromatic N) is 1. The first-order valence-electron chi connectivity index (χ1n) is 5.16. The molecule has 0 bridgehead atoms. The molecule has 0 fully saturated rings. The third-order valence-corrected chi connectivity index (χ3v) is 2.77. The molecule has 3 heteroatoms. The Balaban J connectivity index is 2.31. The van der Waals surface area contributed by atoms with E-state index in [1.807, 2.05) is 12.1 Å². The van der Waals surface area contributed by atoms with Crippen LogP contribution in [-0.4, -0.2) is 17.6 Å². The lowest BCUT2D eigenvalue weighted by Gasteiger charge is -2.29. The highest BCUT2D eigenvalue weighted by atomic mass is 16.5. The standard InChI is InChI=1S/C11H16N2O/c1-2-9-6-8(7-12)11-10(14-9)4-3-5-13-11/h3-5,8-9H,2,6-7,12H2,1H3/t8-,9-/m1/s1. The lowest BCUT2D eigenvalue weighted by molar-refractivity contribution is 0.153. The number of aromatic nitrogens is 1. The molecule has 2 atom stereocenters. The molecule has 2 N–H and O–H groups in total. The van der Waals surface area contributed by atoms with Crippen molar-refractivity contribution in [2.75, 3.05) is 6.54 Å². The van der Waals surface area contributed by atoms with Gasteiger partial charge in [-0.2, -0.15) is 0 Å². The normalized spacial score (nSPS) is 25.3. The van der Waals surface area contributed by atoms with Crippen LogP contribution in [0.25, 0.3) is 0 Å². The molecule has 14 heavy (non-hydrogen) atoms. The second kappa shape index (κ2) is 3.96. The van der Waals surface area contributed by atoms with Crippen molar-refractivity contribution in [1.29, 1.82) is 0 Å². The van der Waals surface area contributed by atoms with E-state index in [1.165, 1.54) is 0 Å². The van der Waals surface area contributed by atoms with Gasteiger partial charge in [-0.25, -0.2) is 0 Å². The minimum Gasteiger partial charge on any atom is -0.488 e. The van der Waals surface area contributed by atoms with Gasteiger partial charge in [0.1, 0.15) is 5.75 Å². The van der Waals surface area contributed by atoms with E-state index < -0.39 is 0 Å². The minimum absolute atomic E-state index is 0.306. The topological polar surface area (TPSA) is 48.1 Å². The van der Waals surface area contributed by atoms with Crippen LogP contribution < -0.4 is 10.5 Å². The van der Waals surface area contributed by atoms with Crippen molar-refractivity contribution >= 4 is 0 Å². The van der Waals surface area contributed by atoms with E-state index in [4.69, 9.17) is 10.5 Å². The Morgan fingerprint density at radius 3 is 3.21 bits per heavy atom. The SMILES string of the molecule is CC[C@@H]1C[C@H](CN)c2ncccc2O1. The number of hydrogen-bond acceptors (Lipinski definition) is 3. The van der Waals surface area contributed by atoms with Crippen LogP contribution in [0.15, 0.2) is 18.3 Å². The van der Waals surface area contributed by atoms with Gasteiger partial charge in [-0.3, -0.25) is 4.98 Å². The zero-order valence-corrected chi connectivity index (χ0v) is 8.44. The Kier molecular flexibility index (Phi) is 2.68. The molecule has 0 unspecified atom stereocenters. The van der Waals surface area contributed by atoms with E-state index >= 15 is 0 Å². The van der Waals surface area contributed by atoms with Gasteiger partial charge in [-0.1, -0.05) is 6.92 Å². The molecule has 1 aliphatic heterocycles.